The number of imide groups is 1. The summed E-state index contributed by atoms with van der Waals surface area (Å²) in [7, 11) is 1.26. The molecule has 1 aliphatic rings. The van der Waals surface area contributed by atoms with Gasteiger partial charge in [0.25, 0.3) is 17.5 Å². The molecule has 1 N–H and O–H groups in total. The summed E-state index contributed by atoms with van der Waals surface area (Å²) in [5, 5.41) is 13.7. The number of nitrogens with one attached hydrogen (secondary N) is 1. The van der Waals surface area contributed by atoms with Crippen LogP contribution in [0.25, 0.3) is 0 Å². The van der Waals surface area contributed by atoms with Crippen LogP contribution < -0.4 is 5.32 Å². The Labute approximate surface area is 164 Å². The number of methoxy groups -OCH3 is 1. The van der Waals surface area contributed by atoms with E-state index in [2.05, 4.69) is 10.1 Å². The lowest BCUT2D eigenvalue weighted by Gasteiger charge is -2.13. The zero-order valence-electron chi connectivity index (χ0n) is 15.2. The Kier molecular flexibility index (Phi) is 5.35. The number of rotatable bonds is 6. The summed E-state index contributed by atoms with van der Waals surface area (Å²) in [6.07, 6.45) is -0.196. The highest BCUT2D eigenvalue weighted by atomic mass is 16.6. The molecule has 3 rings (SSSR count). The van der Waals surface area contributed by atoms with Gasteiger partial charge in [0.2, 0.25) is 5.91 Å². The summed E-state index contributed by atoms with van der Waals surface area (Å²) in [5.74, 6) is -2.46. The average Bonchev–Trinajstić information content (AvgIpc) is 2.96. The van der Waals surface area contributed by atoms with E-state index in [1.54, 1.807) is 0 Å². The minimum atomic E-state index is -0.799. The van der Waals surface area contributed by atoms with Crippen molar-refractivity contribution in [1.29, 1.82) is 0 Å². The number of hydrogen-bond donors (Lipinski definition) is 1. The first-order valence-electron chi connectivity index (χ1n) is 8.45. The van der Waals surface area contributed by atoms with Gasteiger partial charge in [0.05, 0.1) is 23.2 Å². The molecule has 0 spiro atoms. The van der Waals surface area contributed by atoms with Crippen molar-refractivity contribution >= 4 is 35.1 Å². The molecule has 0 saturated heterocycles. The Morgan fingerprint density at radius 2 is 1.79 bits per heavy atom. The predicted octanol–water partition coefficient (Wildman–Crippen LogP) is 2.01. The third-order valence-corrected chi connectivity index (χ3v) is 4.33. The van der Waals surface area contributed by atoms with E-state index in [1.807, 2.05) is 0 Å². The number of anilines is 1. The Bertz CT molecular complexity index is 1030. The molecule has 0 radical (unpaired) electrons. The maximum atomic E-state index is 12.5. The Morgan fingerprint density at radius 3 is 2.41 bits per heavy atom. The molecule has 1 heterocycles. The molecule has 0 bridgehead atoms. The van der Waals surface area contributed by atoms with E-state index in [1.165, 1.54) is 43.5 Å². The molecule has 0 atom stereocenters. The molecule has 0 unspecified atom stereocenters. The van der Waals surface area contributed by atoms with E-state index in [-0.39, 0.29) is 24.1 Å². The summed E-state index contributed by atoms with van der Waals surface area (Å²) in [5.41, 5.74) is -0.0263. The molecule has 3 amide bonds. The fourth-order valence-corrected chi connectivity index (χ4v) is 2.92. The molecular weight excluding hydrogens is 382 g/mol. The van der Waals surface area contributed by atoms with Crippen LogP contribution in [0.4, 0.5) is 11.4 Å². The first-order valence-corrected chi connectivity index (χ1v) is 8.45. The summed E-state index contributed by atoms with van der Waals surface area (Å²) in [4.78, 5) is 59.6. The van der Waals surface area contributed by atoms with Gasteiger partial charge in [-0.15, -0.1) is 0 Å². The first-order chi connectivity index (χ1) is 13.8. The van der Waals surface area contributed by atoms with E-state index in [0.717, 1.165) is 11.0 Å². The topological polar surface area (TPSA) is 136 Å². The molecule has 0 fully saturated rings. The van der Waals surface area contributed by atoms with Crippen molar-refractivity contribution in [2.45, 2.75) is 6.42 Å². The fraction of sp³-hybridized carbons (Fsp3) is 0.158. The van der Waals surface area contributed by atoms with E-state index in [9.17, 15) is 29.3 Å². The highest BCUT2D eigenvalue weighted by molar-refractivity contribution is 6.23. The van der Waals surface area contributed by atoms with Gasteiger partial charge in [-0.3, -0.25) is 29.4 Å². The zero-order valence-corrected chi connectivity index (χ0v) is 15.2. The number of nitrogens with zero attached hydrogens (tertiary/aromatic N) is 2. The number of carbonyl (C=O) groups excluding carboxylic acids is 4. The Balaban J connectivity index is 1.64. The van der Waals surface area contributed by atoms with Crippen LogP contribution in [-0.4, -0.2) is 47.2 Å². The third kappa shape index (κ3) is 3.81. The van der Waals surface area contributed by atoms with Crippen molar-refractivity contribution in [3.05, 3.63) is 69.3 Å². The van der Waals surface area contributed by atoms with Gasteiger partial charge in [-0.1, -0.05) is 6.07 Å². The van der Waals surface area contributed by atoms with Crippen LogP contribution >= 0.6 is 0 Å². The number of amides is 3. The second-order valence-electron chi connectivity index (χ2n) is 6.09. The second-order valence-corrected chi connectivity index (χ2v) is 6.09. The zero-order chi connectivity index (χ0) is 21.1. The normalized spacial score (nSPS) is 12.5. The predicted molar refractivity (Wildman–Crippen MR) is 99.5 cm³/mol. The van der Waals surface area contributed by atoms with Crippen molar-refractivity contribution in [2.24, 2.45) is 0 Å². The molecular formula is C19H15N3O7. The number of carbonyl (C=O) groups is 4. The summed E-state index contributed by atoms with van der Waals surface area (Å²) < 4.78 is 4.58. The van der Waals surface area contributed by atoms with Crippen LogP contribution in [0.1, 0.15) is 37.5 Å². The maximum absolute atomic E-state index is 12.5. The minimum absolute atomic E-state index is 0.0528. The highest BCUT2D eigenvalue weighted by Crippen LogP contribution is 2.30. The number of hydrogen-bond acceptors (Lipinski definition) is 7. The van der Waals surface area contributed by atoms with Gasteiger partial charge in [0.15, 0.2) is 0 Å². The van der Waals surface area contributed by atoms with E-state index in [4.69, 9.17) is 0 Å². The number of ether oxygens (including phenoxy) is 1. The highest BCUT2D eigenvalue weighted by Gasteiger charge is 2.40. The monoisotopic (exact) mass is 397 g/mol. The standard InChI is InChI=1S/C19H15N3O7/c1-29-19(26)11-5-7-12(8-6-11)20-15(23)9-10-21-17(24)13-3-2-4-14(22(27)28)16(13)18(21)25/h2-8H,9-10H2,1H3,(H,20,23). The van der Waals surface area contributed by atoms with E-state index < -0.39 is 34.3 Å². The van der Waals surface area contributed by atoms with E-state index >= 15 is 0 Å². The molecule has 10 heteroatoms. The number of nitro benzene ring substituents is 1. The minimum Gasteiger partial charge on any atom is -0.465 e. The summed E-state index contributed by atoms with van der Waals surface area (Å²) in [6, 6.07) is 9.79. The first kappa shape index (κ1) is 19.7. The van der Waals surface area contributed by atoms with Crippen molar-refractivity contribution in [2.75, 3.05) is 19.0 Å². The van der Waals surface area contributed by atoms with Crippen LogP contribution in [0.2, 0.25) is 0 Å². The SMILES string of the molecule is COC(=O)c1ccc(NC(=O)CCN2C(=O)c3cccc([N+](=O)[O-])c3C2=O)cc1. The van der Waals surface area contributed by atoms with Gasteiger partial charge in [0.1, 0.15) is 5.56 Å². The van der Waals surface area contributed by atoms with Gasteiger partial charge in [-0.05, 0) is 30.3 Å². The number of nitro groups is 1. The molecule has 2 aromatic rings. The summed E-state index contributed by atoms with van der Waals surface area (Å²) >= 11 is 0. The van der Waals surface area contributed by atoms with E-state index in [0.29, 0.717) is 11.3 Å². The molecule has 29 heavy (non-hydrogen) atoms. The fourth-order valence-electron chi connectivity index (χ4n) is 2.92. The Morgan fingerprint density at radius 1 is 1.10 bits per heavy atom. The number of fused-ring (bicyclic) bond motifs is 1. The quantitative estimate of drug-likeness (QED) is 0.341. The maximum Gasteiger partial charge on any atom is 0.337 e. The lowest BCUT2D eigenvalue weighted by molar-refractivity contribution is -0.385. The van der Waals surface area contributed by atoms with Gasteiger partial charge >= 0.3 is 5.97 Å². The largest absolute Gasteiger partial charge is 0.465 e. The van der Waals surface area contributed by atoms with Crippen molar-refractivity contribution < 1.29 is 28.8 Å². The van der Waals surface area contributed by atoms with Crippen LogP contribution in [0.15, 0.2) is 42.5 Å². The van der Waals surface area contributed by atoms with Crippen LogP contribution in [0.5, 0.6) is 0 Å². The molecule has 148 valence electrons. The number of esters is 1. The van der Waals surface area contributed by atoms with Gasteiger partial charge < -0.3 is 10.1 Å². The molecule has 0 aliphatic carbocycles. The Hall–Kier alpha value is -4.08. The van der Waals surface area contributed by atoms with Crippen LogP contribution in [0.3, 0.4) is 0 Å². The smallest absolute Gasteiger partial charge is 0.337 e. The number of benzene rings is 2. The van der Waals surface area contributed by atoms with Gasteiger partial charge in [-0.2, -0.15) is 0 Å². The lowest BCUT2D eigenvalue weighted by Crippen LogP contribution is -2.33. The molecule has 0 saturated carbocycles. The lowest BCUT2D eigenvalue weighted by atomic mass is 10.1. The third-order valence-electron chi connectivity index (χ3n) is 4.33. The van der Waals surface area contributed by atoms with Crippen molar-refractivity contribution in [1.82, 2.24) is 4.90 Å². The van der Waals surface area contributed by atoms with Crippen LogP contribution in [-0.2, 0) is 9.53 Å². The van der Waals surface area contributed by atoms with Gasteiger partial charge in [-0.25, -0.2) is 4.79 Å². The average molecular weight is 397 g/mol. The molecule has 1 aliphatic heterocycles. The van der Waals surface area contributed by atoms with Crippen molar-refractivity contribution in [3.8, 4) is 0 Å². The van der Waals surface area contributed by atoms with Crippen LogP contribution in [0, 0.1) is 10.1 Å². The van der Waals surface area contributed by atoms with Crippen molar-refractivity contribution in [3.63, 3.8) is 0 Å². The van der Waals surface area contributed by atoms with Gasteiger partial charge in [0, 0.05) is 24.7 Å². The summed E-state index contributed by atoms with van der Waals surface area (Å²) in [6.45, 7) is -0.227. The molecule has 0 aromatic heterocycles. The molecule has 2 aromatic carbocycles. The molecule has 10 nitrogen and oxygen atoms in total. The second kappa shape index (κ2) is 7.89.